The highest BCUT2D eigenvalue weighted by Crippen LogP contribution is 2.22. The number of carbonyl (C=O) groups is 1. The normalized spacial score (nSPS) is 16.5. The van der Waals surface area contributed by atoms with Crippen LogP contribution in [0.2, 0.25) is 0 Å². The van der Waals surface area contributed by atoms with Crippen molar-refractivity contribution >= 4 is 5.97 Å². The van der Waals surface area contributed by atoms with Gasteiger partial charge in [0.15, 0.2) is 6.10 Å². The van der Waals surface area contributed by atoms with Crippen molar-refractivity contribution in [1.29, 1.82) is 0 Å². The van der Waals surface area contributed by atoms with E-state index in [9.17, 15) is 9.90 Å². The highest BCUT2D eigenvalue weighted by molar-refractivity contribution is 5.76. The average Bonchev–Trinajstić information content (AvgIpc) is 2.28. The number of hydrogen-bond donors (Lipinski definition) is 2. The molecule has 0 bridgehead atoms. The molecular weight excluding hydrogens is 194 g/mol. The molecule has 0 fully saturated rings. The molecule has 0 radical (unpaired) electrons. The maximum absolute atomic E-state index is 11.2. The van der Waals surface area contributed by atoms with Crippen LogP contribution in [0.1, 0.15) is 12.5 Å². The summed E-state index contributed by atoms with van der Waals surface area (Å²) in [6.45, 7) is 1.59. The topological polar surface area (TPSA) is 72.5 Å². The number of ether oxygens (including phenoxy) is 1. The molecule has 82 valence electrons. The molecule has 0 saturated heterocycles. The zero-order valence-corrected chi connectivity index (χ0v) is 8.81. The minimum absolute atomic E-state index is 0.683. The van der Waals surface area contributed by atoms with E-state index < -0.39 is 17.6 Å². The quantitative estimate of drug-likeness (QED) is 0.706. The van der Waals surface area contributed by atoms with E-state index in [0.29, 0.717) is 5.56 Å². The molecule has 0 amide bonds. The van der Waals surface area contributed by atoms with Gasteiger partial charge in [-0.25, -0.2) is 4.79 Å². The molecule has 0 unspecified atom stereocenters. The number of hydrogen-bond acceptors (Lipinski definition) is 4. The van der Waals surface area contributed by atoms with E-state index in [1.807, 2.05) is 6.07 Å². The summed E-state index contributed by atoms with van der Waals surface area (Å²) in [6, 6.07) is 8.94. The minimum Gasteiger partial charge on any atom is -0.467 e. The van der Waals surface area contributed by atoms with E-state index in [0.717, 1.165) is 0 Å². The Morgan fingerprint density at radius 2 is 2.00 bits per heavy atom. The fourth-order valence-electron chi connectivity index (χ4n) is 1.31. The second kappa shape index (κ2) is 4.42. The minimum atomic E-state index is -1.37. The molecular formula is C11H15NO3. The molecule has 1 aromatic rings. The molecule has 0 saturated carbocycles. The third-order valence-corrected chi connectivity index (χ3v) is 2.39. The van der Waals surface area contributed by atoms with E-state index in [1.54, 1.807) is 31.2 Å². The second-order valence-corrected chi connectivity index (χ2v) is 3.57. The number of esters is 1. The summed E-state index contributed by atoms with van der Waals surface area (Å²) >= 11 is 0. The molecule has 0 aliphatic carbocycles. The monoisotopic (exact) mass is 209 g/mol. The lowest BCUT2D eigenvalue weighted by Crippen LogP contribution is -2.49. The van der Waals surface area contributed by atoms with E-state index >= 15 is 0 Å². The van der Waals surface area contributed by atoms with Gasteiger partial charge in [0.25, 0.3) is 0 Å². The number of nitrogens with two attached hydrogens (primary N) is 1. The Labute approximate surface area is 88.7 Å². The predicted molar refractivity (Wildman–Crippen MR) is 56.0 cm³/mol. The van der Waals surface area contributed by atoms with Crippen LogP contribution >= 0.6 is 0 Å². The van der Waals surface area contributed by atoms with Crippen LogP contribution < -0.4 is 5.73 Å². The standard InChI is InChI=1S/C11H15NO3/c1-11(12,9(13)10(14)15-2)8-6-4-3-5-7-8/h3-7,9,13H,12H2,1-2H3/t9-,11-/m1/s1. The molecule has 1 rings (SSSR count). The number of rotatable bonds is 3. The Morgan fingerprint density at radius 3 is 2.47 bits per heavy atom. The van der Waals surface area contributed by atoms with Crippen LogP contribution in [-0.2, 0) is 15.1 Å². The van der Waals surface area contributed by atoms with Crippen molar-refractivity contribution in [3.05, 3.63) is 35.9 Å². The molecule has 0 spiro atoms. The van der Waals surface area contributed by atoms with Crippen molar-refractivity contribution in [2.75, 3.05) is 7.11 Å². The Morgan fingerprint density at radius 1 is 1.47 bits per heavy atom. The van der Waals surface area contributed by atoms with Crippen LogP contribution in [0.3, 0.4) is 0 Å². The molecule has 1 aromatic carbocycles. The number of methoxy groups -OCH3 is 1. The van der Waals surface area contributed by atoms with E-state index in [2.05, 4.69) is 4.74 Å². The van der Waals surface area contributed by atoms with Crippen LogP contribution in [0, 0.1) is 0 Å². The van der Waals surface area contributed by atoms with Gasteiger partial charge >= 0.3 is 5.97 Å². The maximum atomic E-state index is 11.2. The Balaban J connectivity index is 2.97. The van der Waals surface area contributed by atoms with Gasteiger partial charge in [0.05, 0.1) is 12.6 Å². The number of benzene rings is 1. The third-order valence-electron chi connectivity index (χ3n) is 2.39. The van der Waals surface area contributed by atoms with Crippen LogP contribution in [0.4, 0.5) is 0 Å². The van der Waals surface area contributed by atoms with Gasteiger partial charge in [-0.05, 0) is 12.5 Å². The summed E-state index contributed by atoms with van der Waals surface area (Å²) in [5.74, 6) is -0.733. The zero-order chi connectivity index (χ0) is 11.5. The lowest BCUT2D eigenvalue weighted by Gasteiger charge is -2.28. The van der Waals surface area contributed by atoms with E-state index in [4.69, 9.17) is 5.73 Å². The predicted octanol–water partition coefficient (Wildman–Crippen LogP) is 0.394. The molecule has 15 heavy (non-hydrogen) atoms. The zero-order valence-electron chi connectivity index (χ0n) is 8.81. The van der Waals surface area contributed by atoms with Gasteiger partial charge in [-0.1, -0.05) is 30.3 Å². The van der Waals surface area contributed by atoms with Crippen molar-refractivity contribution < 1.29 is 14.6 Å². The first kappa shape index (κ1) is 11.7. The maximum Gasteiger partial charge on any atom is 0.336 e. The van der Waals surface area contributed by atoms with Crippen LogP contribution in [0.25, 0.3) is 0 Å². The average molecular weight is 209 g/mol. The first-order valence-electron chi connectivity index (χ1n) is 4.60. The summed E-state index contributed by atoms with van der Waals surface area (Å²) in [6.07, 6.45) is -1.37. The number of aliphatic hydroxyl groups is 1. The molecule has 3 N–H and O–H groups in total. The van der Waals surface area contributed by atoms with Crippen LogP contribution in [0.15, 0.2) is 30.3 Å². The summed E-state index contributed by atoms with van der Waals surface area (Å²) in [4.78, 5) is 11.2. The fourth-order valence-corrected chi connectivity index (χ4v) is 1.31. The molecule has 0 aromatic heterocycles. The summed E-state index contributed by atoms with van der Waals surface area (Å²) in [7, 11) is 1.21. The van der Waals surface area contributed by atoms with Crippen molar-refractivity contribution in [1.82, 2.24) is 0 Å². The lowest BCUT2D eigenvalue weighted by molar-refractivity contribution is -0.154. The highest BCUT2D eigenvalue weighted by atomic mass is 16.5. The molecule has 0 aliphatic heterocycles. The Hall–Kier alpha value is -1.39. The van der Waals surface area contributed by atoms with Gasteiger partial charge in [-0.15, -0.1) is 0 Å². The van der Waals surface area contributed by atoms with Gasteiger partial charge in [0.2, 0.25) is 0 Å². The molecule has 4 heteroatoms. The second-order valence-electron chi connectivity index (χ2n) is 3.57. The van der Waals surface area contributed by atoms with E-state index in [1.165, 1.54) is 7.11 Å². The van der Waals surface area contributed by atoms with Crippen molar-refractivity contribution in [3.63, 3.8) is 0 Å². The highest BCUT2D eigenvalue weighted by Gasteiger charge is 2.36. The molecule has 4 nitrogen and oxygen atoms in total. The van der Waals surface area contributed by atoms with Gasteiger partial charge in [-0.3, -0.25) is 0 Å². The van der Waals surface area contributed by atoms with Crippen molar-refractivity contribution in [2.24, 2.45) is 5.73 Å². The largest absolute Gasteiger partial charge is 0.467 e. The first-order chi connectivity index (χ1) is 7.00. The van der Waals surface area contributed by atoms with Gasteiger partial charge < -0.3 is 15.6 Å². The SMILES string of the molecule is COC(=O)[C@@H](O)[C@](C)(N)c1ccccc1. The number of carbonyl (C=O) groups excluding carboxylic acids is 1. The fraction of sp³-hybridized carbons (Fsp3) is 0.364. The van der Waals surface area contributed by atoms with Crippen LogP contribution in [-0.4, -0.2) is 24.3 Å². The Bertz CT molecular complexity index is 335. The van der Waals surface area contributed by atoms with Crippen LogP contribution in [0.5, 0.6) is 0 Å². The van der Waals surface area contributed by atoms with Gasteiger partial charge in [0, 0.05) is 0 Å². The van der Waals surface area contributed by atoms with Gasteiger partial charge in [-0.2, -0.15) is 0 Å². The summed E-state index contributed by atoms with van der Waals surface area (Å²) in [5.41, 5.74) is 5.45. The third kappa shape index (κ3) is 2.34. The molecule has 2 atom stereocenters. The Kier molecular flexibility index (Phi) is 3.44. The summed E-state index contributed by atoms with van der Waals surface area (Å²) < 4.78 is 4.45. The summed E-state index contributed by atoms with van der Waals surface area (Å²) in [5, 5.41) is 9.70. The smallest absolute Gasteiger partial charge is 0.336 e. The van der Waals surface area contributed by atoms with Gasteiger partial charge in [0.1, 0.15) is 0 Å². The first-order valence-corrected chi connectivity index (χ1v) is 4.60. The van der Waals surface area contributed by atoms with E-state index in [-0.39, 0.29) is 0 Å². The van der Waals surface area contributed by atoms with Crippen molar-refractivity contribution in [2.45, 2.75) is 18.6 Å². The lowest BCUT2D eigenvalue weighted by atomic mass is 9.87. The molecule has 0 aliphatic rings. The van der Waals surface area contributed by atoms with Crippen molar-refractivity contribution in [3.8, 4) is 0 Å². The number of aliphatic hydroxyl groups excluding tert-OH is 1. The molecule has 0 heterocycles.